The molecule has 0 spiro atoms. The molecule has 11 nitrogen and oxygen atoms in total. The highest BCUT2D eigenvalue weighted by Gasteiger charge is 2.54. The van der Waals surface area contributed by atoms with Gasteiger partial charge in [-0.05, 0) is 62.1 Å². The first-order valence-electron chi connectivity index (χ1n) is 15.6. The second-order valence-corrected chi connectivity index (χ2v) is 12.6. The molecule has 6 atom stereocenters. The van der Waals surface area contributed by atoms with E-state index in [1.165, 1.54) is 18.2 Å². The van der Waals surface area contributed by atoms with Gasteiger partial charge in [-0.25, -0.2) is 4.79 Å². The van der Waals surface area contributed by atoms with E-state index in [4.69, 9.17) is 14.2 Å². The number of esters is 1. The fourth-order valence-corrected chi connectivity index (χ4v) is 7.41. The number of ether oxygens (including phenoxy) is 3. The van der Waals surface area contributed by atoms with Crippen molar-refractivity contribution >= 4 is 34.0 Å². The maximum atomic E-state index is 14.7. The van der Waals surface area contributed by atoms with Gasteiger partial charge in [0.15, 0.2) is 5.78 Å². The van der Waals surface area contributed by atoms with Crippen molar-refractivity contribution in [1.29, 1.82) is 0 Å². The van der Waals surface area contributed by atoms with Crippen molar-refractivity contribution in [2.45, 2.75) is 70.0 Å². The maximum Gasteiger partial charge on any atom is 0.331 e. The molecule has 2 saturated heterocycles. The summed E-state index contributed by atoms with van der Waals surface area (Å²) in [6, 6.07) is 14.9. The minimum Gasteiger partial charge on any atom is -0.507 e. The summed E-state index contributed by atoms with van der Waals surface area (Å²) in [5.74, 6) is -1.75. The largest absolute Gasteiger partial charge is 0.507 e. The zero-order valence-corrected chi connectivity index (χ0v) is 25.6. The van der Waals surface area contributed by atoms with Crippen LogP contribution >= 0.6 is 0 Å². The number of fused-ring (bicyclic) bond motifs is 7. The number of nitrogens with one attached hydrogen (secondary N) is 1. The molecule has 3 aromatic carbocycles. The molecule has 4 N–H and O–H groups in total. The first-order valence-corrected chi connectivity index (χ1v) is 15.6. The van der Waals surface area contributed by atoms with E-state index in [1.807, 2.05) is 30.5 Å². The Morgan fingerprint density at radius 2 is 1.83 bits per heavy atom. The van der Waals surface area contributed by atoms with Crippen LogP contribution in [0.5, 0.6) is 11.5 Å². The number of H-pyrrole nitrogens is 1. The van der Waals surface area contributed by atoms with E-state index < -0.39 is 54.4 Å². The number of phenolic OH excluding ortho intramolecular Hbond substituents is 1. The average Bonchev–Trinajstić information content (AvgIpc) is 3.61. The number of Topliss-reactive ketones (excluding diaryl/α,β-unsaturated/α-hetero) is 2. The van der Waals surface area contributed by atoms with Gasteiger partial charge in [-0.15, -0.1) is 0 Å². The molecule has 1 aliphatic carbocycles. The zero-order valence-electron chi connectivity index (χ0n) is 25.6. The van der Waals surface area contributed by atoms with Gasteiger partial charge >= 0.3 is 5.97 Å². The average molecular weight is 637 g/mol. The topological polar surface area (TPSA) is 159 Å². The molecular weight excluding hydrogens is 604 g/mol. The first kappa shape index (κ1) is 29.4. The lowest BCUT2D eigenvalue weighted by molar-refractivity contribution is -0.216. The third-order valence-electron chi connectivity index (χ3n) is 9.63. The number of aliphatic hydroxyl groups is 2. The van der Waals surface area contributed by atoms with Gasteiger partial charge in [0.1, 0.15) is 29.3 Å². The summed E-state index contributed by atoms with van der Waals surface area (Å²) < 4.78 is 17.8. The Bertz CT molecular complexity index is 2020. The van der Waals surface area contributed by atoms with Gasteiger partial charge in [-0.1, -0.05) is 30.3 Å². The number of rotatable bonds is 5. The number of aromatic amines is 1. The summed E-state index contributed by atoms with van der Waals surface area (Å²) in [4.78, 5) is 47.6. The van der Waals surface area contributed by atoms with Crippen LogP contribution in [-0.2, 0) is 20.7 Å². The molecule has 6 unspecified atom stereocenters. The Kier molecular flexibility index (Phi) is 6.76. The molecule has 0 amide bonds. The molecule has 0 radical (unpaired) electrons. The molecule has 47 heavy (non-hydrogen) atoms. The molecule has 0 saturated carbocycles. The van der Waals surface area contributed by atoms with Crippen LogP contribution in [0.2, 0.25) is 0 Å². The molecule has 3 aliphatic heterocycles. The van der Waals surface area contributed by atoms with Crippen LogP contribution in [0.1, 0.15) is 69.0 Å². The van der Waals surface area contributed by atoms with Gasteiger partial charge in [-0.3, -0.25) is 9.59 Å². The van der Waals surface area contributed by atoms with Crippen LogP contribution in [0.15, 0.2) is 66.5 Å². The number of aromatic hydroxyl groups is 1. The summed E-state index contributed by atoms with van der Waals surface area (Å²) >= 11 is 0. The van der Waals surface area contributed by atoms with Crippen LogP contribution in [0.25, 0.3) is 16.5 Å². The first-order chi connectivity index (χ1) is 22.6. The van der Waals surface area contributed by atoms with E-state index in [1.54, 1.807) is 30.9 Å². The molecule has 0 bridgehead atoms. The fraction of sp³-hybridized carbons (Fsp3) is 0.306. The summed E-state index contributed by atoms with van der Waals surface area (Å²) in [6.07, 6.45) is -2.36. The van der Waals surface area contributed by atoms with Crippen molar-refractivity contribution in [3.8, 4) is 11.5 Å². The molecule has 2 fully saturated rings. The van der Waals surface area contributed by atoms with Crippen molar-refractivity contribution in [1.82, 2.24) is 9.88 Å². The quantitative estimate of drug-likeness (QED) is 0.235. The van der Waals surface area contributed by atoms with Crippen LogP contribution < -0.4 is 4.74 Å². The van der Waals surface area contributed by atoms with E-state index in [9.17, 15) is 29.7 Å². The molecule has 4 aromatic rings. The summed E-state index contributed by atoms with van der Waals surface area (Å²) in [5, 5.41) is 32.7. The molecule has 240 valence electrons. The van der Waals surface area contributed by atoms with E-state index in [-0.39, 0.29) is 45.9 Å². The number of aliphatic hydroxyl groups excluding tert-OH is 2. The smallest absolute Gasteiger partial charge is 0.331 e. The lowest BCUT2D eigenvalue weighted by atomic mass is 9.78. The number of ketones is 2. The SMILES string of the molecule is Cc1cc(O)c2c(c1)C1OC(=O)C(CCc3c[nH]c4ccccc34)N1C1=C2C(=O)c2cccc(OC3CC(O)C(O)C(C)O3)c2C1=O. The van der Waals surface area contributed by atoms with Crippen LogP contribution in [0.3, 0.4) is 0 Å². The van der Waals surface area contributed by atoms with E-state index in [0.29, 0.717) is 24.0 Å². The molecule has 8 rings (SSSR count). The number of allylic oxidation sites excluding steroid dienone is 2. The molecule has 4 heterocycles. The number of para-hydroxylation sites is 1. The lowest BCUT2D eigenvalue weighted by Gasteiger charge is -2.39. The Balaban J connectivity index is 1.23. The number of hydrogen-bond donors (Lipinski definition) is 4. The standard InChI is InChI=1S/C36H32N2O9/c1-16-12-21-28(24(39)13-16)30-31(38-23(36(44)47-35(21)38)11-10-18-15-37-22-8-4-3-6-19(18)22)34(43)29-20(33(30)42)7-5-9-26(29)46-27-14-25(40)32(41)17(2)45-27/h3-9,12-13,15,17,23,25,27,32,35,37,39-41H,10-11,14H2,1-2H3. The number of carbonyl (C=O) groups excluding carboxylic acids is 3. The molecule has 1 aromatic heterocycles. The summed E-state index contributed by atoms with van der Waals surface area (Å²) in [7, 11) is 0. The van der Waals surface area contributed by atoms with Crippen molar-refractivity contribution in [3.05, 3.63) is 99.9 Å². The minimum absolute atomic E-state index is 0.000114. The third kappa shape index (κ3) is 4.49. The second-order valence-electron chi connectivity index (χ2n) is 12.6. The van der Waals surface area contributed by atoms with Crippen LogP contribution in [0.4, 0.5) is 0 Å². The van der Waals surface area contributed by atoms with E-state index >= 15 is 0 Å². The predicted octanol–water partition coefficient (Wildman–Crippen LogP) is 4.08. The van der Waals surface area contributed by atoms with E-state index in [0.717, 1.165) is 16.5 Å². The lowest BCUT2D eigenvalue weighted by Crippen LogP contribution is -2.48. The number of benzene rings is 3. The van der Waals surface area contributed by atoms with Crippen molar-refractivity contribution in [2.24, 2.45) is 0 Å². The van der Waals surface area contributed by atoms with Crippen molar-refractivity contribution in [2.75, 3.05) is 0 Å². The highest BCUT2D eigenvalue weighted by atomic mass is 16.7. The number of phenols is 1. The molecule has 4 aliphatic rings. The Morgan fingerprint density at radius 3 is 2.64 bits per heavy atom. The van der Waals surface area contributed by atoms with Crippen molar-refractivity contribution < 1.29 is 43.9 Å². The predicted molar refractivity (Wildman–Crippen MR) is 168 cm³/mol. The van der Waals surface area contributed by atoms with Gasteiger partial charge in [-0.2, -0.15) is 0 Å². The third-order valence-corrected chi connectivity index (χ3v) is 9.63. The van der Waals surface area contributed by atoms with Gasteiger partial charge in [0.05, 0.1) is 23.3 Å². The molecule has 11 heteroatoms. The summed E-state index contributed by atoms with van der Waals surface area (Å²) in [5.41, 5.74) is 3.26. The monoisotopic (exact) mass is 636 g/mol. The van der Waals surface area contributed by atoms with Gasteiger partial charge < -0.3 is 39.4 Å². The fourth-order valence-electron chi connectivity index (χ4n) is 7.41. The van der Waals surface area contributed by atoms with Crippen LogP contribution in [0, 0.1) is 6.92 Å². The van der Waals surface area contributed by atoms with Crippen molar-refractivity contribution in [3.63, 3.8) is 0 Å². The number of hydrogen-bond acceptors (Lipinski definition) is 10. The second kappa shape index (κ2) is 10.8. The maximum absolute atomic E-state index is 14.7. The highest BCUT2D eigenvalue weighted by Crippen LogP contribution is 2.52. The van der Waals surface area contributed by atoms with E-state index in [2.05, 4.69) is 4.98 Å². The van der Waals surface area contributed by atoms with Gasteiger partial charge in [0, 0.05) is 40.2 Å². The van der Waals surface area contributed by atoms with Gasteiger partial charge in [0.2, 0.25) is 18.3 Å². The number of aryl methyl sites for hydroxylation is 2. The Morgan fingerprint density at radius 1 is 1.02 bits per heavy atom. The highest BCUT2D eigenvalue weighted by molar-refractivity contribution is 6.41. The normalized spacial score (nSPS) is 26.6. The molecular formula is C36H32N2O9. The zero-order chi connectivity index (χ0) is 32.7. The minimum atomic E-state index is -1.11. The number of nitrogens with zero attached hydrogens (tertiary/aromatic N) is 1. The number of aromatic nitrogens is 1. The summed E-state index contributed by atoms with van der Waals surface area (Å²) in [6.45, 7) is 3.39. The van der Waals surface area contributed by atoms with Gasteiger partial charge in [0.25, 0.3) is 0 Å². The Hall–Kier alpha value is -4.97. The van der Waals surface area contributed by atoms with Crippen LogP contribution in [-0.4, -0.2) is 73.4 Å². The Labute approximate surface area is 269 Å². The number of carbonyl (C=O) groups is 3.